The normalized spacial score (nSPS) is 12.0. The SMILES string of the molecule is CCN(CC)CCOS(=O)(=O)c1ccc(C)cc1. The van der Waals surface area contributed by atoms with Crippen molar-refractivity contribution in [2.45, 2.75) is 25.7 Å². The summed E-state index contributed by atoms with van der Waals surface area (Å²) in [5.41, 5.74) is 1.03. The molecule has 0 spiro atoms. The van der Waals surface area contributed by atoms with Crippen molar-refractivity contribution >= 4 is 10.1 Å². The Morgan fingerprint density at radius 3 is 2.17 bits per heavy atom. The molecule has 1 aromatic carbocycles. The summed E-state index contributed by atoms with van der Waals surface area (Å²) in [6, 6.07) is 6.67. The molecule has 0 saturated carbocycles. The van der Waals surface area contributed by atoms with Crippen LogP contribution in [0.4, 0.5) is 0 Å². The zero-order chi connectivity index (χ0) is 13.6. The molecule has 0 aliphatic heterocycles. The predicted molar refractivity (Wildman–Crippen MR) is 72.1 cm³/mol. The number of nitrogens with zero attached hydrogens (tertiary/aromatic N) is 1. The van der Waals surface area contributed by atoms with Crippen molar-refractivity contribution in [3.8, 4) is 0 Å². The summed E-state index contributed by atoms with van der Waals surface area (Å²) in [4.78, 5) is 2.33. The van der Waals surface area contributed by atoms with Gasteiger partial charge >= 0.3 is 0 Å². The fourth-order valence-corrected chi connectivity index (χ4v) is 2.49. The molecule has 0 N–H and O–H groups in total. The largest absolute Gasteiger partial charge is 0.302 e. The third kappa shape index (κ3) is 4.40. The highest BCUT2D eigenvalue weighted by Gasteiger charge is 2.14. The number of benzene rings is 1. The lowest BCUT2D eigenvalue weighted by Gasteiger charge is -2.17. The lowest BCUT2D eigenvalue weighted by molar-refractivity contribution is 0.226. The fourth-order valence-electron chi connectivity index (χ4n) is 1.59. The van der Waals surface area contributed by atoms with Crippen molar-refractivity contribution in [2.75, 3.05) is 26.2 Å². The van der Waals surface area contributed by atoms with Crippen molar-refractivity contribution in [2.24, 2.45) is 0 Å². The van der Waals surface area contributed by atoms with Gasteiger partial charge in [0.2, 0.25) is 0 Å². The third-order valence-corrected chi connectivity index (χ3v) is 4.18. The quantitative estimate of drug-likeness (QED) is 0.712. The van der Waals surface area contributed by atoms with E-state index < -0.39 is 10.1 Å². The second kappa shape index (κ2) is 6.87. The topological polar surface area (TPSA) is 46.6 Å². The number of likely N-dealkylation sites (N-methyl/N-ethyl adjacent to an activating group) is 1. The van der Waals surface area contributed by atoms with Crippen LogP contribution in [-0.2, 0) is 14.3 Å². The minimum absolute atomic E-state index is 0.192. The molecule has 18 heavy (non-hydrogen) atoms. The molecule has 0 unspecified atom stereocenters. The molecular formula is C13H21NO3S. The van der Waals surface area contributed by atoms with E-state index in [1.165, 1.54) is 0 Å². The van der Waals surface area contributed by atoms with Gasteiger partial charge in [-0.25, -0.2) is 0 Å². The molecule has 0 aromatic heterocycles. The molecule has 0 aliphatic carbocycles. The van der Waals surface area contributed by atoms with Crippen molar-refractivity contribution in [1.82, 2.24) is 4.90 Å². The maximum atomic E-state index is 11.9. The first-order valence-corrected chi connectivity index (χ1v) is 7.59. The zero-order valence-corrected chi connectivity index (χ0v) is 12.0. The first-order valence-electron chi connectivity index (χ1n) is 6.18. The van der Waals surface area contributed by atoms with Crippen molar-refractivity contribution < 1.29 is 12.6 Å². The summed E-state index contributed by atoms with van der Waals surface area (Å²) < 4.78 is 28.7. The van der Waals surface area contributed by atoms with Crippen LogP contribution in [0.5, 0.6) is 0 Å². The lowest BCUT2D eigenvalue weighted by atomic mass is 10.2. The van der Waals surface area contributed by atoms with E-state index in [4.69, 9.17) is 4.18 Å². The van der Waals surface area contributed by atoms with E-state index in [-0.39, 0.29) is 11.5 Å². The molecule has 0 fully saturated rings. The monoisotopic (exact) mass is 271 g/mol. The second-order valence-electron chi connectivity index (χ2n) is 4.12. The molecule has 1 rings (SSSR count). The Balaban J connectivity index is 2.57. The van der Waals surface area contributed by atoms with Gasteiger partial charge in [-0.3, -0.25) is 4.18 Å². The highest BCUT2D eigenvalue weighted by molar-refractivity contribution is 7.86. The van der Waals surface area contributed by atoms with E-state index in [0.717, 1.165) is 18.7 Å². The van der Waals surface area contributed by atoms with Crippen LogP contribution in [-0.4, -0.2) is 39.6 Å². The number of aryl methyl sites for hydroxylation is 1. The van der Waals surface area contributed by atoms with Gasteiger partial charge in [-0.2, -0.15) is 8.42 Å². The third-order valence-electron chi connectivity index (χ3n) is 2.85. The molecule has 0 saturated heterocycles. The Morgan fingerprint density at radius 1 is 1.11 bits per heavy atom. The van der Waals surface area contributed by atoms with Gasteiger partial charge in [-0.05, 0) is 32.1 Å². The number of hydrogen-bond acceptors (Lipinski definition) is 4. The molecule has 0 amide bonds. The first-order chi connectivity index (χ1) is 8.49. The summed E-state index contributed by atoms with van der Waals surface area (Å²) in [6.45, 7) is 8.60. The lowest BCUT2D eigenvalue weighted by Crippen LogP contribution is -2.27. The highest BCUT2D eigenvalue weighted by Crippen LogP contribution is 2.12. The van der Waals surface area contributed by atoms with Crippen LogP contribution in [0.25, 0.3) is 0 Å². The first kappa shape index (κ1) is 15.1. The Hall–Kier alpha value is -0.910. The minimum atomic E-state index is -3.62. The molecule has 0 radical (unpaired) electrons. The van der Waals surface area contributed by atoms with Crippen LogP contribution in [0.1, 0.15) is 19.4 Å². The van der Waals surface area contributed by atoms with Crippen LogP contribution >= 0.6 is 0 Å². The molecule has 0 bridgehead atoms. The number of rotatable bonds is 7. The molecule has 102 valence electrons. The Bertz CT molecular complexity index is 450. The van der Waals surface area contributed by atoms with E-state index in [2.05, 4.69) is 4.90 Å². The van der Waals surface area contributed by atoms with Crippen molar-refractivity contribution in [3.05, 3.63) is 29.8 Å². The van der Waals surface area contributed by atoms with Crippen molar-refractivity contribution in [1.29, 1.82) is 0 Å². The average molecular weight is 271 g/mol. The van der Waals surface area contributed by atoms with Gasteiger partial charge < -0.3 is 4.90 Å². The van der Waals surface area contributed by atoms with Gasteiger partial charge in [0.05, 0.1) is 11.5 Å². The fraction of sp³-hybridized carbons (Fsp3) is 0.538. The van der Waals surface area contributed by atoms with Gasteiger partial charge in [0.1, 0.15) is 0 Å². The van der Waals surface area contributed by atoms with Crippen LogP contribution in [0.15, 0.2) is 29.2 Å². The van der Waals surface area contributed by atoms with E-state index in [1.807, 2.05) is 20.8 Å². The minimum Gasteiger partial charge on any atom is -0.302 e. The van der Waals surface area contributed by atoms with Crippen LogP contribution in [0.2, 0.25) is 0 Å². The molecule has 5 heteroatoms. The molecule has 1 aromatic rings. The van der Waals surface area contributed by atoms with E-state index in [0.29, 0.717) is 6.54 Å². The van der Waals surface area contributed by atoms with Crippen LogP contribution in [0, 0.1) is 6.92 Å². The Labute approximate surface area is 110 Å². The maximum Gasteiger partial charge on any atom is 0.297 e. The standard InChI is InChI=1S/C13H21NO3S/c1-4-14(5-2)10-11-17-18(15,16)13-8-6-12(3)7-9-13/h6-9H,4-5,10-11H2,1-3H3. The molecular weight excluding hydrogens is 250 g/mol. The zero-order valence-electron chi connectivity index (χ0n) is 11.2. The molecule has 0 atom stereocenters. The average Bonchev–Trinajstić information content (AvgIpc) is 2.35. The van der Waals surface area contributed by atoms with E-state index >= 15 is 0 Å². The Kier molecular flexibility index (Phi) is 5.78. The Morgan fingerprint density at radius 2 is 1.67 bits per heavy atom. The smallest absolute Gasteiger partial charge is 0.297 e. The van der Waals surface area contributed by atoms with Crippen LogP contribution < -0.4 is 0 Å². The maximum absolute atomic E-state index is 11.9. The summed E-state index contributed by atoms with van der Waals surface area (Å²) in [7, 11) is -3.62. The van der Waals surface area contributed by atoms with Gasteiger partial charge in [-0.15, -0.1) is 0 Å². The summed E-state index contributed by atoms with van der Waals surface area (Å²) in [5.74, 6) is 0. The van der Waals surface area contributed by atoms with Gasteiger partial charge in [-0.1, -0.05) is 31.5 Å². The van der Waals surface area contributed by atoms with Crippen molar-refractivity contribution in [3.63, 3.8) is 0 Å². The summed E-state index contributed by atoms with van der Waals surface area (Å²) in [5, 5.41) is 0. The molecule has 0 heterocycles. The van der Waals surface area contributed by atoms with Gasteiger partial charge in [0.25, 0.3) is 10.1 Å². The van der Waals surface area contributed by atoms with Crippen LogP contribution in [0.3, 0.4) is 0 Å². The van der Waals surface area contributed by atoms with Gasteiger partial charge in [0.15, 0.2) is 0 Å². The summed E-state index contributed by atoms with van der Waals surface area (Å²) in [6.07, 6.45) is 0. The molecule has 4 nitrogen and oxygen atoms in total. The van der Waals surface area contributed by atoms with E-state index in [1.54, 1.807) is 24.3 Å². The molecule has 0 aliphatic rings. The van der Waals surface area contributed by atoms with Gasteiger partial charge in [0, 0.05) is 6.54 Å². The number of hydrogen-bond donors (Lipinski definition) is 0. The highest BCUT2D eigenvalue weighted by atomic mass is 32.2. The predicted octanol–water partition coefficient (Wildman–Crippen LogP) is 2.04. The van der Waals surface area contributed by atoms with E-state index in [9.17, 15) is 8.42 Å². The summed E-state index contributed by atoms with van der Waals surface area (Å²) >= 11 is 0. The second-order valence-corrected chi connectivity index (χ2v) is 5.73.